The molecule has 0 saturated carbocycles. The maximum Gasteiger partial charge on any atom is 0.335 e. The summed E-state index contributed by atoms with van der Waals surface area (Å²) in [4.78, 5) is 45.4. The Kier molecular flexibility index (Phi) is 8.93. The van der Waals surface area contributed by atoms with E-state index in [0.29, 0.717) is 10.7 Å². The number of aromatic nitrogens is 3. The number of aromatic amines is 1. The fourth-order valence-electron chi connectivity index (χ4n) is 3.67. The molecule has 0 fully saturated rings. The number of methoxy groups -OCH3 is 1. The first kappa shape index (κ1) is 27.0. The van der Waals surface area contributed by atoms with Gasteiger partial charge in [-0.15, -0.1) is 0 Å². The summed E-state index contributed by atoms with van der Waals surface area (Å²) >= 11 is 6.01. The fourth-order valence-corrected chi connectivity index (χ4v) is 3.80. The van der Waals surface area contributed by atoms with E-state index in [1.807, 2.05) is 32.9 Å². The first-order valence-electron chi connectivity index (χ1n) is 11.6. The zero-order valence-electron chi connectivity index (χ0n) is 21.1. The number of nitrogens with one attached hydrogen (secondary N) is 1. The molecule has 0 aliphatic carbocycles. The molecule has 0 aliphatic heterocycles. The topological polar surface area (TPSA) is 108 Å². The second kappa shape index (κ2) is 11.9. The van der Waals surface area contributed by atoms with E-state index in [-0.39, 0.29) is 37.2 Å². The van der Waals surface area contributed by atoms with Gasteiger partial charge in [0.05, 0.1) is 25.4 Å². The molecule has 1 N–H and O–H groups in total. The minimum absolute atomic E-state index is 0.0264. The Balaban J connectivity index is 2.11. The third-order valence-corrected chi connectivity index (χ3v) is 5.68. The van der Waals surface area contributed by atoms with Crippen molar-refractivity contribution in [1.82, 2.24) is 14.1 Å². The Hall–Kier alpha value is -3.59. The first-order valence-corrected chi connectivity index (χ1v) is 12.0. The monoisotopic (exact) mass is 514 g/mol. The van der Waals surface area contributed by atoms with Gasteiger partial charge in [0.2, 0.25) is 5.62 Å². The molecule has 10 heteroatoms. The van der Waals surface area contributed by atoms with Gasteiger partial charge < -0.3 is 9.47 Å². The van der Waals surface area contributed by atoms with E-state index in [4.69, 9.17) is 21.1 Å². The molecular weight excluding hydrogens is 484 g/mol. The van der Waals surface area contributed by atoms with Gasteiger partial charge in [0.15, 0.2) is 0 Å². The van der Waals surface area contributed by atoms with E-state index in [1.54, 1.807) is 37.3 Å². The number of benzene rings is 2. The lowest BCUT2D eigenvalue weighted by molar-refractivity contribution is -0.141. The van der Waals surface area contributed by atoms with Gasteiger partial charge in [-0.05, 0) is 68.1 Å². The van der Waals surface area contributed by atoms with Crippen LogP contribution >= 0.6 is 11.6 Å². The van der Waals surface area contributed by atoms with Crippen molar-refractivity contribution in [2.45, 2.75) is 53.3 Å². The highest BCUT2D eigenvalue weighted by Gasteiger charge is 2.16. The molecule has 36 heavy (non-hydrogen) atoms. The number of H-pyrrole nitrogens is 1. The predicted molar refractivity (Wildman–Crippen MR) is 138 cm³/mol. The molecule has 1 atom stereocenters. The second-order valence-corrected chi connectivity index (χ2v) is 9.41. The van der Waals surface area contributed by atoms with Crippen molar-refractivity contribution in [1.29, 1.82) is 0 Å². The number of carbonyl (C=O) groups excluding carboxylic acids is 1. The zero-order valence-corrected chi connectivity index (χ0v) is 21.8. The van der Waals surface area contributed by atoms with Crippen LogP contribution in [0.4, 0.5) is 5.69 Å². The Labute approximate surface area is 214 Å². The molecule has 2 aromatic carbocycles. The van der Waals surface area contributed by atoms with Crippen LogP contribution in [0.3, 0.4) is 0 Å². The largest absolute Gasteiger partial charge is 0.491 e. The van der Waals surface area contributed by atoms with E-state index in [2.05, 4.69) is 9.98 Å². The van der Waals surface area contributed by atoms with Crippen LogP contribution in [0.2, 0.25) is 5.02 Å². The molecule has 0 radical (unpaired) electrons. The summed E-state index contributed by atoms with van der Waals surface area (Å²) in [5.41, 5.74) is 1.19. The summed E-state index contributed by atoms with van der Waals surface area (Å²) in [6.45, 7) is 7.78. The van der Waals surface area contributed by atoms with E-state index >= 15 is 0 Å². The molecule has 1 heterocycles. The van der Waals surface area contributed by atoms with Crippen LogP contribution in [0.25, 0.3) is 0 Å². The summed E-state index contributed by atoms with van der Waals surface area (Å²) in [5, 5.41) is 0.573. The number of aryl methyl sites for hydroxylation is 1. The van der Waals surface area contributed by atoms with E-state index in [1.165, 1.54) is 11.7 Å². The van der Waals surface area contributed by atoms with Gasteiger partial charge in [0, 0.05) is 18.0 Å². The highest BCUT2D eigenvalue weighted by molar-refractivity contribution is 6.30. The third kappa shape index (κ3) is 6.97. The Bertz CT molecular complexity index is 1400. The van der Waals surface area contributed by atoms with Gasteiger partial charge in [-0.1, -0.05) is 30.7 Å². The van der Waals surface area contributed by atoms with Gasteiger partial charge in [-0.3, -0.25) is 14.3 Å². The normalized spacial score (nSPS) is 12.6. The number of hydrogen-bond acceptors (Lipinski definition) is 6. The second-order valence-electron chi connectivity index (χ2n) is 8.97. The zero-order chi connectivity index (χ0) is 26.4. The average molecular weight is 515 g/mol. The van der Waals surface area contributed by atoms with Crippen molar-refractivity contribution in [3.63, 3.8) is 0 Å². The minimum Gasteiger partial charge on any atom is -0.491 e. The molecule has 9 nitrogen and oxygen atoms in total. The van der Waals surface area contributed by atoms with Crippen LogP contribution in [0.1, 0.15) is 38.3 Å². The van der Waals surface area contributed by atoms with Crippen LogP contribution < -0.4 is 21.7 Å². The summed E-state index contributed by atoms with van der Waals surface area (Å²) < 4.78 is 13.0. The predicted octanol–water partition coefficient (Wildman–Crippen LogP) is 3.57. The number of halogens is 1. The van der Waals surface area contributed by atoms with Gasteiger partial charge in [0.1, 0.15) is 5.75 Å². The van der Waals surface area contributed by atoms with Crippen molar-refractivity contribution in [3.05, 3.63) is 85.2 Å². The molecule has 3 rings (SSSR count). The molecule has 0 amide bonds. The number of ether oxygens (including phenoxy) is 2. The number of carbonyl (C=O) groups is 1. The third-order valence-electron chi connectivity index (χ3n) is 5.43. The van der Waals surface area contributed by atoms with Crippen LogP contribution in [-0.2, 0) is 22.6 Å². The highest BCUT2D eigenvalue weighted by Crippen LogP contribution is 2.24. The lowest BCUT2D eigenvalue weighted by Gasteiger charge is -2.15. The van der Waals surface area contributed by atoms with Crippen molar-refractivity contribution < 1.29 is 14.3 Å². The van der Waals surface area contributed by atoms with E-state index < -0.39 is 17.3 Å². The Morgan fingerprint density at radius 3 is 2.39 bits per heavy atom. The SMILES string of the molecule is COC(=O)C[C@@H](C)Cn1c(=O)[nH]/c(=N\c2ccc(OC(C)C)c(C)c2)n(Cc2ccc(Cl)cc2)c1=O. The lowest BCUT2D eigenvalue weighted by Crippen LogP contribution is -2.50. The summed E-state index contributed by atoms with van der Waals surface area (Å²) in [6, 6.07) is 12.5. The number of rotatable bonds is 9. The standard InChI is InChI=1S/C26H31ClN4O5/c1-16(2)36-22-11-10-21(13-18(22)4)28-24-29-25(33)31(14-17(3)12-23(32)35-5)26(34)30(24)15-19-6-8-20(27)9-7-19/h6-11,13,16-17H,12,14-15H2,1-5H3,(H,28,29,33)/t17-/m1/s1. The highest BCUT2D eigenvalue weighted by atomic mass is 35.5. The van der Waals surface area contributed by atoms with Gasteiger partial charge in [-0.25, -0.2) is 19.1 Å². The van der Waals surface area contributed by atoms with Crippen LogP contribution in [0.5, 0.6) is 5.75 Å². The molecular formula is C26H31ClN4O5. The van der Waals surface area contributed by atoms with Gasteiger partial charge in [-0.2, -0.15) is 0 Å². The minimum atomic E-state index is -0.612. The van der Waals surface area contributed by atoms with Crippen LogP contribution in [-0.4, -0.2) is 33.3 Å². The lowest BCUT2D eigenvalue weighted by atomic mass is 10.1. The summed E-state index contributed by atoms with van der Waals surface area (Å²) in [7, 11) is 1.30. The number of hydrogen-bond donors (Lipinski definition) is 1. The van der Waals surface area contributed by atoms with E-state index in [0.717, 1.165) is 21.4 Å². The molecule has 1 aromatic heterocycles. The molecule has 0 unspecified atom stereocenters. The van der Waals surface area contributed by atoms with Crippen molar-refractivity contribution in [3.8, 4) is 5.75 Å². The van der Waals surface area contributed by atoms with Crippen molar-refractivity contribution in [2.24, 2.45) is 10.9 Å². The van der Waals surface area contributed by atoms with E-state index in [9.17, 15) is 14.4 Å². The fraction of sp³-hybridized carbons (Fsp3) is 0.385. The smallest absolute Gasteiger partial charge is 0.335 e. The number of esters is 1. The molecule has 0 bridgehead atoms. The summed E-state index contributed by atoms with van der Waals surface area (Å²) in [6.07, 6.45) is 0.106. The molecule has 0 spiro atoms. The maximum absolute atomic E-state index is 13.5. The number of nitrogens with zero attached hydrogens (tertiary/aromatic N) is 3. The molecule has 3 aromatic rings. The van der Waals surface area contributed by atoms with Crippen LogP contribution in [0.15, 0.2) is 57.0 Å². The molecule has 0 saturated heterocycles. The van der Waals surface area contributed by atoms with Gasteiger partial charge >= 0.3 is 17.3 Å². The Morgan fingerprint density at radius 1 is 1.08 bits per heavy atom. The van der Waals surface area contributed by atoms with Crippen molar-refractivity contribution in [2.75, 3.05) is 7.11 Å². The van der Waals surface area contributed by atoms with Crippen LogP contribution in [0, 0.1) is 12.8 Å². The summed E-state index contributed by atoms with van der Waals surface area (Å²) in [5.74, 6) is 0.0357. The maximum atomic E-state index is 13.5. The molecule has 0 aliphatic rings. The quantitative estimate of drug-likeness (QED) is 0.439. The Morgan fingerprint density at radius 2 is 1.78 bits per heavy atom. The first-order chi connectivity index (χ1) is 17.1. The molecule has 192 valence electrons. The van der Waals surface area contributed by atoms with Gasteiger partial charge in [0.25, 0.3) is 0 Å². The average Bonchev–Trinajstić information content (AvgIpc) is 2.82. The van der Waals surface area contributed by atoms with Crippen molar-refractivity contribution >= 4 is 23.3 Å².